The standard InChI is InChI=1S/C16H28N4O/c1-16(2,3)15-14-11(7-9-17)5-4-6-12(14)20(19-15)10-8-13(18)21/h11H,4-10,17H2,1-3H3,(H2,18,21). The van der Waals surface area contributed by atoms with E-state index in [1.807, 2.05) is 4.68 Å². The largest absolute Gasteiger partial charge is 0.370 e. The SMILES string of the molecule is CC(C)(C)c1nn(CCC(N)=O)c2c1C(CCN)CCC2. The smallest absolute Gasteiger partial charge is 0.219 e. The van der Waals surface area contributed by atoms with Crippen molar-refractivity contribution >= 4 is 5.91 Å². The molecule has 0 radical (unpaired) electrons. The van der Waals surface area contributed by atoms with Gasteiger partial charge in [0, 0.05) is 29.6 Å². The molecular weight excluding hydrogens is 264 g/mol. The summed E-state index contributed by atoms with van der Waals surface area (Å²) in [5.74, 6) is 0.237. The summed E-state index contributed by atoms with van der Waals surface area (Å²) in [5.41, 5.74) is 14.9. The minimum Gasteiger partial charge on any atom is -0.370 e. The minimum absolute atomic E-state index is 0.00620. The van der Waals surface area contributed by atoms with Crippen LogP contribution in [0.25, 0.3) is 0 Å². The van der Waals surface area contributed by atoms with Gasteiger partial charge in [-0.25, -0.2) is 0 Å². The number of carbonyl (C=O) groups is 1. The van der Waals surface area contributed by atoms with Crippen LogP contribution in [0.15, 0.2) is 0 Å². The molecule has 1 aliphatic rings. The van der Waals surface area contributed by atoms with Crippen LogP contribution in [0.3, 0.4) is 0 Å². The van der Waals surface area contributed by atoms with E-state index in [1.54, 1.807) is 0 Å². The van der Waals surface area contributed by atoms with Crippen LogP contribution in [-0.2, 0) is 23.2 Å². The predicted molar refractivity (Wildman–Crippen MR) is 84.1 cm³/mol. The molecule has 0 bridgehead atoms. The van der Waals surface area contributed by atoms with Gasteiger partial charge in [-0.2, -0.15) is 5.10 Å². The zero-order chi connectivity index (χ0) is 15.6. The Morgan fingerprint density at radius 3 is 2.71 bits per heavy atom. The Kier molecular flexibility index (Phi) is 4.71. The molecule has 4 N–H and O–H groups in total. The number of aromatic nitrogens is 2. The van der Waals surface area contributed by atoms with Crippen molar-refractivity contribution in [2.75, 3.05) is 6.54 Å². The van der Waals surface area contributed by atoms with Crippen molar-refractivity contribution in [1.82, 2.24) is 9.78 Å². The van der Waals surface area contributed by atoms with Crippen LogP contribution in [0.1, 0.15) is 69.3 Å². The summed E-state index contributed by atoms with van der Waals surface area (Å²) in [6.07, 6.45) is 4.76. The number of fused-ring (bicyclic) bond motifs is 1. The summed E-state index contributed by atoms with van der Waals surface area (Å²) in [5, 5.41) is 4.84. The summed E-state index contributed by atoms with van der Waals surface area (Å²) in [6.45, 7) is 7.88. The molecule has 1 atom stereocenters. The Morgan fingerprint density at radius 1 is 1.43 bits per heavy atom. The fraction of sp³-hybridized carbons (Fsp3) is 0.750. The van der Waals surface area contributed by atoms with Gasteiger partial charge in [-0.05, 0) is 38.1 Å². The number of amides is 1. The number of hydrogen-bond acceptors (Lipinski definition) is 3. The maximum atomic E-state index is 11.1. The lowest BCUT2D eigenvalue weighted by Gasteiger charge is -2.27. The lowest BCUT2D eigenvalue weighted by Crippen LogP contribution is -2.20. The quantitative estimate of drug-likeness (QED) is 0.868. The molecule has 1 aromatic rings. The lowest BCUT2D eigenvalue weighted by atomic mass is 9.78. The average Bonchev–Trinajstić information content (AvgIpc) is 2.76. The molecule has 5 heteroatoms. The second kappa shape index (κ2) is 6.18. The fourth-order valence-corrected chi connectivity index (χ4v) is 3.31. The van der Waals surface area contributed by atoms with E-state index in [0.717, 1.165) is 12.8 Å². The highest BCUT2D eigenvalue weighted by Crippen LogP contribution is 2.40. The van der Waals surface area contributed by atoms with Crippen LogP contribution in [-0.4, -0.2) is 22.2 Å². The number of aryl methyl sites for hydroxylation is 1. The van der Waals surface area contributed by atoms with Crippen LogP contribution >= 0.6 is 0 Å². The number of rotatable bonds is 5. The molecule has 1 unspecified atom stereocenters. The first-order chi connectivity index (χ1) is 9.84. The van der Waals surface area contributed by atoms with Gasteiger partial charge in [-0.1, -0.05) is 20.8 Å². The molecule has 0 aliphatic heterocycles. The van der Waals surface area contributed by atoms with Crippen molar-refractivity contribution in [3.05, 3.63) is 17.0 Å². The molecule has 0 saturated carbocycles. The molecule has 1 heterocycles. The van der Waals surface area contributed by atoms with Crippen LogP contribution in [0.5, 0.6) is 0 Å². The van der Waals surface area contributed by atoms with Crippen molar-refractivity contribution in [2.24, 2.45) is 11.5 Å². The number of carbonyl (C=O) groups excluding carboxylic acids is 1. The molecule has 21 heavy (non-hydrogen) atoms. The molecule has 0 aromatic carbocycles. The van der Waals surface area contributed by atoms with Crippen LogP contribution in [0.2, 0.25) is 0 Å². The van der Waals surface area contributed by atoms with Gasteiger partial charge in [-0.15, -0.1) is 0 Å². The number of nitrogens with zero attached hydrogens (tertiary/aromatic N) is 2. The molecule has 0 spiro atoms. The summed E-state index contributed by atoms with van der Waals surface area (Å²) >= 11 is 0. The van der Waals surface area contributed by atoms with Gasteiger partial charge in [-0.3, -0.25) is 9.48 Å². The van der Waals surface area contributed by atoms with Gasteiger partial charge in [0.1, 0.15) is 0 Å². The fourth-order valence-electron chi connectivity index (χ4n) is 3.31. The van der Waals surface area contributed by atoms with Crippen LogP contribution in [0, 0.1) is 0 Å². The normalized spacial score (nSPS) is 18.6. The minimum atomic E-state index is -0.272. The van der Waals surface area contributed by atoms with E-state index in [4.69, 9.17) is 16.6 Å². The van der Waals surface area contributed by atoms with E-state index >= 15 is 0 Å². The zero-order valence-corrected chi connectivity index (χ0v) is 13.5. The molecule has 0 saturated heterocycles. The van der Waals surface area contributed by atoms with Gasteiger partial charge >= 0.3 is 0 Å². The molecule has 0 fully saturated rings. The third-order valence-electron chi connectivity index (χ3n) is 4.27. The van der Waals surface area contributed by atoms with Crippen molar-refractivity contribution in [1.29, 1.82) is 0 Å². The second-order valence-corrected chi connectivity index (χ2v) is 7.06. The van der Waals surface area contributed by atoms with Gasteiger partial charge in [0.15, 0.2) is 0 Å². The third kappa shape index (κ3) is 3.46. The highest BCUT2D eigenvalue weighted by atomic mass is 16.1. The summed E-state index contributed by atoms with van der Waals surface area (Å²) in [7, 11) is 0. The predicted octanol–water partition coefficient (Wildman–Crippen LogP) is 1.82. The van der Waals surface area contributed by atoms with Crippen molar-refractivity contribution < 1.29 is 4.79 Å². The van der Waals surface area contributed by atoms with Crippen molar-refractivity contribution in [3.63, 3.8) is 0 Å². The van der Waals surface area contributed by atoms with Crippen LogP contribution in [0.4, 0.5) is 0 Å². The first-order valence-electron chi connectivity index (χ1n) is 7.93. The Balaban J connectivity index is 2.43. The molecule has 1 aromatic heterocycles. The van der Waals surface area contributed by atoms with Crippen molar-refractivity contribution in [3.8, 4) is 0 Å². The Morgan fingerprint density at radius 2 is 2.14 bits per heavy atom. The summed E-state index contributed by atoms with van der Waals surface area (Å²) < 4.78 is 2.02. The highest BCUT2D eigenvalue weighted by molar-refractivity contribution is 5.73. The second-order valence-electron chi connectivity index (χ2n) is 7.06. The Bertz CT molecular complexity index is 513. The van der Waals surface area contributed by atoms with E-state index in [1.165, 1.54) is 29.8 Å². The first-order valence-corrected chi connectivity index (χ1v) is 7.93. The molecule has 2 rings (SSSR count). The first kappa shape index (κ1) is 16.0. The average molecular weight is 292 g/mol. The number of primary amides is 1. The van der Waals surface area contributed by atoms with Gasteiger partial charge in [0.25, 0.3) is 0 Å². The maximum Gasteiger partial charge on any atom is 0.219 e. The monoisotopic (exact) mass is 292 g/mol. The maximum absolute atomic E-state index is 11.1. The highest BCUT2D eigenvalue weighted by Gasteiger charge is 2.32. The number of nitrogens with two attached hydrogens (primary N) is 2. The van der Waals surface area contributed by atoms with Crippen LogP contribution < -0.4 is 11.5 Å². The van der Waals surface area contributed by atoms with E-state index < -0.39 is 0 Å². The van der Waals surface area contributed by atoms with Gasteiger partial charge < -0.3 is 11.5 Å². The third-order valence-corrected chi connectivity index (χ3v) is 4.27. The Hall–Kier alpha value is -1.36. The van der Waals surface area contributed by atoms with E-state index in [0.29, 0.717) is 25.4 Å². The van der Waals surface area contributed by atoms with Crippen molar-refractivity contribution in [2.45, 2.75) is 70.8 Å². The Labute approximate surface area is 127 Å². The van der Waals surface area contributed by atoms with E-state index in [2.05, 4.69) is 20.8 Å². The molecule has 118 valence electrons. The molecular formula is C16H28N4O. The zero-order valence-electron chi connectivity index (χ0n) is 13.5. The molecule has 1 aliphatic carbocycles. The topological polar surface area (TPSA) is 86.9 Å². The van der Waals surface area contributed by atoms with Gasteiger partial charge in [0.2, 0.25) is 5.91 Å². The van der Waals surface area contributed by atoms with E-state index in [-0.39, 0.29) is 11.3 Å². The lowest BCUT2D eigenvalue weighted by molar-refractivity contribution is -0.118. The van der Waals surface area contributed by atoms with E-state index in [9.17, 15) is 4.79 Å². The summed E-state index contributed by atoms with van der Waals surface area (Å²) in [4.78, 5) is 11.1. The van der Waals surface area contributed by atoms with Gasteiger partial charge in [0.05, 0.1) is 5.69 Å². The number of hydrogen-bond donors (Lipinski definition) is 2. The molecule has 5 nitrogen and oxygen atoms in total. The summed E-state index contributed by atoms with van der Waals surface area (Å²) in [6, 6.07) is 0. The molecule has 1 amide bonds.